The van der Waals surface area contributed by atoms with E-state index in [1.54, 1.807) is 23.2 Å². The maximum absolute atomic E-state index is 13.4. The molecule has 1 aromatic rings. The molecule has 0 aliphatic carbocycles. The molecule has 0 spiro atoms. The van der Waals surface area contributed by atoms with E-state index in [1.807, 2.05) is 7.05 Å². The van der Waals surface area contributed by atoms with E-state index in [1.165, 1.54) is 0 Å². The van der Waals surface area contributed by atoms with Crippen LogP contribution < -0.4 is 14.2 Å². The molecule has 0 amide bonds. The fourth-order valence-electron chi connectivity index (χ4n) is 3.65. The Morgan fingerprint density at radius 1 is 1.08 bits per heavy atom. The summed E-state index contributed by atoms with van der Waals surface area (Å²) in [6.45, 7) is 2.51. The molecular formula is C16H22N2O5S2. The van der Waals surface area contributed by atoms with Gasteiger partial charge in [-0.1, -0.05) is 0 Å². The minimum atomic E-state index is -3.63. The molecule has 3 aliphatic rings. The molecule has 1 saturated heterocycles. The standard InChI is InChI=1S/C16H22N2O5S2/c1-17-4-3-11-12(9-17)13(21-2)14-15(23-10-22-14)16(11)25(19,20)18-5-7-24-8-6-18/h3-10H2,1-2H3. The summed E-state index contributed by atoms with van der Waals surface area (Å²) in [5.41, 5.74) is 1.71. The van der Waals surface area contributed by atoms with Gasteiger partial charge in [0.1, 0.15) is 4.90 Å². The summed E-state index contributed by atoms with van der Waals surface area (Å²) in [7, 11) is -0.0279. The summed E-state index contributed by atoms with van der Waals surface area (Å²) in [6.07, 6.45) is 0.649. The maximum Gasteiger partial charge on any atom is 0.247 e. The normalized spacial score (nSPS) is 21.2. The quantitative estimate of drug-likeness (QED) is 0.772. The SMILES string of the molecule is COc1c2c(c(S(=O)(=O)N3CCSCC3)c3c1OCO3)CCN(C)C2. The van der Waals surface area contributed by atoms with Crippen LogP contribution in [0.2, 0.25) is 0 Å². The van der Waals surface area contributed by atoms with Crippen LogP contribution in [0.4, 0.5) is 0 Å². The number of fused-ring (bicyclic) bond motifs is 2. The van der Waals surface area contributed by atoms with Gasteiger partial charge in [0, 0.05) is 43.2 Å². The van der Waals surface area contributed by atoms with Crippen molar-refractivity contribution in [1.29, 1.82) is 0 Å². The second-order valence-corrected chi connectivity index (χ2v) is 9.49. The summed E-state index contributed by atoms with van der Waals surface area (Å²) in [5.74, 6) is 2.97. The summed E-state index contributed by atoms with van der Waals surface area (Å²) in [6, 6.07) is 0. The molecule has 0 atom stereocenters. The molecule has 0 N–H and O–H groups in total. The van der Waals surface area contributed by atoms with Gasteiger partial charge < -0.3 is 19.1 Å². The van der Waals surface area contributed by atoms with Crippen molar-refractivity contribution in [2.45, 2.75) is 17.9 Å². The van der Waals surface area contributed by atoms with Gasteiger partial charge in [0.15, 0.2) is 11.5 Å². The predicted molar refractivity (Wildman–Crippen MR) is 95.2 cm³/mol. The van der Waals surface area contributed by atoms with Gasteiger partial charge in [-0.2, -0.15) is 16.1 Å². The van der Waals surface area contributed by atoms with Gasteiger partial charge in [0.2, 0.25) is 22.6 Å². The molecule has 7 nitrogen and oxygen atoms in total. The van der Waals surface area contributed by atoms with Crippen molar-refractivity contribution in [2.75, 3.05) is 52.1 Å². The third-order valence-corrected chi connectivity index (χ3v) is 7.82. The lowest BCUT2D eigenvalue weighted by atomic mass is 9.97. The number of sulfonamides is 1. The lowest BCUT2D eigenvalue weighted by molar-refractivity contribution is 0.169. The highest BCUT2D eigenvalue weighted by atomic mass is 32.2. The molecule has 1 fully saturated rings. The molecule has 3 aliphatic heterocycles. The van der Waals surface area contributed by atoms with E-state index >= 15 is 0 Å². The van der Waals surface area contributed by atoms with Gasteiger partial charge in [-0.3, -0.25) is 0 Å². The molecule has 0 radical (unpaired) electrons. The Morgan fingerprint density at radius 2 is 1.80 bits per heavy atom. The first-order valence-corrected chi connectivity index (χ1v) is 10.9. The number of benzene rings is 1. The largest absolute Gasteiger partial charge is 0.492 e. The Hall–Kier alpha value is -1.16. The Balaban J connectivity index is 1.93. The number of likely N-dealkylation sites (N-methyl/N-ethyl adjacent to an activating group) is 1. The van der Waals surface area contributed by atoms with E-state index in [-0.39, 0.29) is 11.7 Å². The van der Waals surface area contributed by atoms with Gasteiger partial charge in [0.05, 0.1) is 7.11 Å². The number of rotatable bonds is 3. The van der Waals surface area contributed by atoms with Crippen LogP contribution in [-0.4, -0.2) is 69.7 Å². The zero-order chi connectivity index (χ0) is 17.6. The molecule has 0 unspecified atom stereocenters. The van der Waals surface area contributed by atoms with Crippen LogP contribution in [0.15, 0.2) is 4.90 Å². The fourth-order valence-corrected chi connectivity index (χ4v) is 6.63. The van der Waals surface area contributed by atoms with Crippen molar-refractivity contribution < 1.29 is 22.6 Å². The monoisotopic (exact) mass is 386 g/mol. The second-order valence-electron chi connectivity index (χ2n) is 6.39. The van der Waals surface area contributed by atoms with Crippen molar-refractivity contribution in [1.82, 2.24) is 9.21 Å². The maximum atomic E-state index is 13.4. The number of methoxy groups -OCH3 is 1. The van der Waals surface area contributed by atoms with E-state index in [0.717, 1.165) is 29.2 Å². The Morgan fingerprint density at radius 3 is 2.52 bits per heavy atom. The molecular weight excluding hydrogens is 364 g/mol. The highest BCUT2D eigenvalue weighted by molar-refractivity contribution is 7.99. The summed E-state index contributed by atoms with van der Waals surface area (Å²) in [5, 5.41) is 0. The van der Waals surface area contributed by atoms with Crippen molar-refractivity contribution in [2.24, 2.45) is 0 Å². The highest BCUT2D eigenvalue weighted by Gasteiger charge is 2.40. The van der Waals surface area contributed by atoms with Crippen LogP contribution in [0.25, 0.3) is 0 Å². The van der Waals surface area contributed by atoms with E-state index < -0.39 is 10.0 Å². The fraction of sp³-hybridized carbons (Fsp3) is 0.625. The van der Waals surface area contributed by atoms with Crippen LogP contribution >= 0.6 is 11.8 Å². The number of ether oxygens (including phenoxy) is 3. The van der Waals surface area contributed by atoms with Crippen molar-refractivity contribution in [3.8, 4) is 17.2 Å². The predicted octanol–water partition coefficient (Wildman–Crippen LogP) is 1.15. The zero-order valence-corrected chi connectivity index (χ0v) is 16.0. The summed E-state index contributed by atoms with van der Waals surface area (Å²) < 4.78 is 45.2. The minimum Gasteiger partial charge on any atom is -0.492 e. The Labute approximate surface area is 152 Å². The molecule has 0 saturated carbocycles. The highest BCUT2D eigenvalue weighted by Crippen LogP contribution is 2.51. The Kier molecular flexibility index (Phi) is 4.51. The molecule has 1 aromatic carbocycles. The van der Waals surface area contributed by atoms with Crippen molar-refractivity contribution in [3.05, 3.63) is 11.1 Å². The first kappa shape index (κ1) is 17.3. The second kappa shape index (κ2) is 6.53. The molecule has 0 aromatic heterocycles. The molecule has 3 heterocycles. The smallest absolute Gasteiger partial charge is 0.247 e. The van der Waals surface area contributed by atoms with Crippen LogP contribution in [-0.2, 0) is 23.0 Å². The summed E-state index contributed by atoms with van der Waals surface area (Å²) in [4.78, 5) is 2.44. The van der Waals surface area contributed by atoms with Gasteiger partial charge in [-0.25, -0.2) is 8.42 Å². The van der Waals surface area contributed by atoms with Crippen LogP contribution in [0.5, 0.6) is 17.2 Å². The average Bonchev–Trinajstić information content (AvgIpc) is 3.09. The molecule has 4 rings (SSSR count). The van der Waals surface area contributed by atoms with Gasteiger partial charge in [0.25, 0.3) is 0 Å². The van der Waals surface area contributed by atoms with E-state index in [4.69, 9.17) is 14.2 Å². The molecule has 138 valence electrons. The van der Waals surface area contributed by atoms with E-state index in [2.05, 4.69) is 4.90 Å². The van der Waals surface area contributed by atoms with Crippen LogP contribution in [0.1, 0.15) is 11.1 Å². The van der Waals surface area contributed by atoms with Gasteiger partial charge in [-0.15, -0.1) is 0 Å². The summed E-state index contributed by atoms with van der Waals surface area (Å²) >= 11 is 1.78. The lowest BCUT2D eigenvalue weighted by Gasteiger charge is -2.31. The van der Waals surface area contributed by atoms with Gasteiger partial charge in [-0.05, 0) is 19.0 Å². The average molecular weight is 386 g/mol. The minimum absolute atomic E-state index is 0.0167. The molecule has 9 heteroatoms. The lowest BCUT2D eigenvalue weighted by Crippen LogP contribution is -2.39. The van der Waals surface area contributed by atoms with E-state index in [0.29, 0.717) is 43.3 Å². The third-order valence-electron chi connectivity index (χ3n) is 4.88. The first-order valence-electron chi connectivity index (χ1n) is 8.31. The number of nitrogens with zero attached hydrogens (tertiary/aromatic N) is 2. The van der Waals surface area contributed by atoms with Crippen molar-refractivity contribution in [3.63, 3.8) is 0 Å². The topological polar surface area (TPSA) is 68.3 Å². The zero-order valence-electron chi connectivity index (χ0n) is 14.4. The molecule has 25 heavy (non-hydrogen) atoms. The number of thioether (sulfide) groups is 1. The van der Waals surface area contributed by atoms with Crippen LogP contribution in [0, 0.1) is 0 Å². The van der Waals surface area contributed by atoms with Crippen molar-refractivity contribution >= 4 is 21.8 Å². The van der Waals surface area contributed by atoms with Gasteiger partial charge >= 0.3 is 0 Å². The third kappa shape index (κ3) is 2.77. The number of hydrogen-bond donors (Lipinski definition) is 0. The number of hydrogen-bond acceptors (Lipinski definition) is 7. The van der Waals surface area contributed by atoms with E-state index in [9.17, 15) is 8.42 Å². The molecule has 0 bridgehead atoms. The first-order chi connectivity index (χ1) is 12.0. The Bertz CT molecular complexity index is 790. The van der Waals surface area contributed by atoms with Crippen LogP contribution in [0.3, 0.4) is 0 Å².